The number of nitro groups is 1. The molecule has 1 N–H and O–H groups in total. The SMILES string of the molecule is CC(C)N(CC(=O)O)c1c([N+](=O)[O-])ncn1C. The Morgan fingerprint density at radius 1 is 1.71 bits per heavy atom. The van der Waals surface area contributed by atoms with Crippen LogP contribution in [-0.4, -0.2) is 38.1 Å². The third kappa shape index (κ3) is 2.71. The third-order valence-corrected chi connectivity index (χ3v) is 2.26. The molecule has 0 bridgehead atoms. The van der Waals surface area contributed by atoms with Gasteiger partial charge in [0.15, 0.2) is 0 Å². The number of anilines is 1. The second-order valence-corrected chi connectivity index (χ2v) is 3.88. The van der Waals surface area contributed by atoms with E-state index in [1.54, 1.807) is 20.9 Å². The maximum atomic E-state index is 10.8. The highest BCUT2D eigenvalue weighted by Gasteiger charge is 2.28. The summed E-state index contributed by atoms with van der Waals surface area (Å²) in [5.74, 6) is -1.18. The fraction of sp³-hybridized carbons (Fsp3) is 0.556. The topological polar surface area (TPSA) is 102 Å². The van der Waals surface area contributed by atoms with Gasteiger partial charge in [0.1, 0.15) is 6.54 Å². The molecule has 8 heteroatoms. The van der Waals surface area contributed by atoms with E-state index in [4.69, 9.17) is 5.11 Å². The molecule has 0 amide bonds. The molecule has 1 aromatic rings. The summed E-state index contributed by atoms with van der Waals surface area (Å²) in [5, 5.41) is 19.6. The van der Waals surface area contributed by atoms with E-state index in [0.29, 0.717) is 0 Å². The lowest BCUT2D eigenvalue weighted by Crippen LogP contribution is -2.37. The van der Waals surface area contributed by atoms with E-state index in [1.807, 2.05) is 0 Å². The lowest BCUT2D eigenvalue weighted by atomic mass is 10.3. The quantitative estimate of drug-likeness (QED) is 0.600. The zero-order valence-corrected chi connectivity index (χ0v) is 9.82. The molecule has 1 aromatic heterocycles. The van der Waals surface area contributed by atoms with Crippen LogP contribution in [0.5, 0.6) is 0 Å². The van der Waals surface area contributed by atoms with Crippen LogP contribution < -0.4 is 4.90 Å². The Kier molecular flexibility index (Phi) is 3.66. The molecule has 1 rings (SSSR count). The van der Waals surface area contributed by atoms with Gasteiger partial charge in [-0.05, 0) is 23.8 Å². The summed E-state index contributed by atoms with van der Waals surface area (Å²) in [7, 11) is 1.59. The molecule has 94 valence electrons. The van der Waals surface area contributed by atoms with Gasteiger partial charge in [0.2, 0.25) is 12.1 Å². The average Bonchev–Trinajstić information content (AvgIpc) is 2.56. The van der Waals surface area contributed by atoms with E-state index in [9.17, 15) is 14.9 Å². The van der Waals surface area contributed by atoms with Gasteiger partial charge in [-0.3, -0.25) is 9.36 Å². The number of rotatable bonds is 5. The third-order valence-electron chi connectivity index (χ3n) is 2.26. The summed E-state index contributed by atoms with van der Waals surface area (Å²) >= 11 is 0. The van der Waals surface area contributed by atoms with E-state index in [0.717, 1.165) is 0 Å². The molecule has 1 heterocycles. The van der Waals surface area contributed by atoms with Gasteiger partial charge in [-0.15, -0.1) is 0 Å². The van der Waals surface area contributed by atoms with Gasteiger partial charge in [-0.1, -0.05) is 0 Å². The molecule has 0 unspecified atom stereocenters. The first kappa shape index (κ1) is 12.9. The molecule has 0 radical (unpaired) electrons. The summed E-state index contributed by atoms with van der Waals surface area (Å²) < 4.78 is 1.45. The van der Waals surface area contributed by atoms with E-state index >= 15 is 0 Å². The molecule has 17 heavy (non-hydrogen) atoms. The van der Waals surface area contributed by atoms with E-state index in [1.165, 1.54) is 15.8 Å². The van der Waals surface area contributed by atoms with Crippen LogP contribution in [-0.2, 0) is 11.8 Å². The minimum Gasteiger partial charge on any atom is -0.480 e. The number of carboxylic acid groups (broad SMARTS) is 1. The van der Waals surface area contributed by atoms with Gasteiger partial charge in [0.05, 0.1) is 0 Å². The minimum absolute atomic E-state index is 0.180. The molecule has 0 aliphatic heterocycles. The minimum atomic E-state index is -1.05. The molecule has 0 spiro atoms. The van der Waals surface area contributed by atoms with Crippen LogP contribution in [0, 0.1) is 10.1 Å². The van der Waals surface area contributed by atoms with Crippen molar-refractivity contribution in [3.8, 4) is 0 Å². The first-order chi connectivity index (χ1) is 7.84. The molecule has 8 nitrogen and oxygen atoms in total. The lowest BCUT2D eigenvalue weighted by molar-refractivity contribution is -0.388. The molecule has 0 aliphatic carbocycles. The van der Waals surface area contributed by atoms with Crippen molar-refractivity contribution in [2.45, 2.75) is 19.9 Å². The van der Waals surface area contributed by atoms with Crippen LogP contribution >= 0.6 is 0 Å². The fourth-order valence-electron chi connectivity index (χ4n) is 1.52. The van der Waals surface area contributed by atoms with E-state index in [-0.39, 0.29) is 24.2 Å². The molecular formula is C9H14N4O4. The molecule has 0 saturated carbocycles. The Labute approximate surface area is 97.6 Å². The summed E-state index contributed by atoms with van der Waals surface area (Å²) in [5.41, 5.74) is 0. The van der Waals surface area contributed by atoms with Gasteiger partial charge < -0.3 is 20.1 Å². The average molecular weight is 242 g/mol. The number of aryl methyl sites for hydroxylation is 1. The zero-order chi connectivity index (χ0) is 13.2. The largest absolute Gasteiger partial charge is 0.480 e. The first-order valence-electron chi connectivity index (χ1n) is 4.98. The van der Waals surface area contributed by atoms with Crippen LogP contribution in [0.25, 0.3) is 0 Å². The number of imidazole rings is 1. The molecule has 0 saturated heterocycles. The summed E-state index contributed by atoms with van der Waals surface area (Å²) in [6.45, 7) is 3.22. The van der Waals surface area contributed by atoms with Gasteiger partial charge in [-0.2, -0.15) is 0 Å². The Morgan fingerprint density at radius 3 is 2.71 bits per heavy atom. The summed E-state index contributed by atoms with van der Waals surface area (Å²) in [4.78, 5) is 26.0. The smallest absolute Gasteiger partial charge is 0.406 e. The van der Waals surface area contributed by atoms with Crippen molar-refractivity contribution in [3.63, 3.8) is 0 Å². The maximum absolute atomic E-state index is 10.8. The fourth-order valence-corrected chi connectivity index (χ4v) is 1.52. The lowest BCUT2D eigenvalue weighted by Gasteiger charge is -2.25. The standard InChI is InChI=1S/C9H14N4O4/c1-6(2)12(4-7(14)15)9-8(13(16)17)10-5-11(9)3/h5-6H,4H2,1-3H3,(H,14,15). The number of aromatic nitrogens is 2. The van der Waals surface area contributed by atoms with E-state index < -0.39 is 10.9 Å². The van der Waals surface area contributed by atoms with Crippen molar-refractivity contribution in [1.29, 1.82) is 0 Å². The van der Waals surface area contributed by atoms with Crippen LogP contribution in [0.3, 0.4) is 0 Å². The van der Waals surface area contributed by atoms with Gasteiger partial charge in [0, 0.05) is 13.1 Å². The number of aliphatic carboxylic acids is 1. The van der Waals surface area contributed by atoms with Crippen molar-refractivity contribution >= 4 is 17.6 Å². The second kappa shape index (κ2) is 4.81. The van der Waals surface area contributed by atoms with Crippen LogP contribution in [0.4, 0.5) is 11.6 Å². The number of nitrogens with zero attached hydrogens (tertiary/aromatic N) is 4. The molecule has 0 aromatic carbocycles. The van der Waals surface area contributed by atoms with Crippen molar-refractivity contribution < 1.29 is 14.8 Å². The van der Waals surface area contributed by atoms with Crippen LogP contribution in [0.15, 0.2) is 6.33 Å². The normalized spacial score (nSPS) is 10.6. The van der Waals surface area contributed by atoms with Crippen molar-refractivity contribution in [2.24, 2.45) is 7.05 Å². The Balaban J connectivity index is 3.21. The monoisotopic (exact) mass is 242 g/mol. The van der Waals surface area contributed by atoms with Crippen molar-refractivity contribution in [2.75, 3.05) is 11.4 Å². The molecule has 0 fully saturated rings. The van der Waals surface area contributed by atoms with Crippen molar-refractivity contribution in [3.05, 3.63) is 16.4 Å². The van der Waals surface area contributed by atoms with Gasteiger partial charge >= 0.3 is 11.8 Å². The Bertz CT molecular complexity index is 440. The van der Waals surface area contributed by atoms with Gasteiger partial charge in [0.25, 0.3) is 0 Å². The van der Waals surface area contributed by atoms with Gasteiger partial charge in [-0.25, -0.2) is 0 Å². The highest BCUT2D eigenvalue weighted by molar-refractivity contribution is 5.74. The predicted octanol–water partition coefficient (Wildman–Crippen LogP) is 0.628. The maximum Gasteiger partial charge on any atom is 0.406 e. The molecular weight excluding hydrogens is 228 g/mol. The highest BCUT2D eigenvalue weighted by Crippen LogP contribution is 2.27. The van der Waals surface area contributed by atoms with Crippen molar-refractivity contribution in [1.82, 2.24) is 9.55 Å². The molecule has 0 aliphatic rings. The Morgan fingerprint density at radius 2 is 2.29 bits per heavy atom. The Hall–Kier alpha value is -2.12. The van der Waals surface area contributed by atoms with Crippen LogP contribution in [0.2, 0.25) is 0 Å². The summed E-state index contributed by atoms with van der Waals surface area (Å²) in [6, 6.07) is -0.180. The number of hydrogen-bond acceptors (Lipinski definition) is 5. The number of carboxylic acids is 1. The van der Waals surface area contributed by atoms with Crippen LogP contribution in [0.1, 0.15) is 13.8 Å². The van der Waals surface area contributed by atoms with E-state index in [2.05, 4.69) is 4.98 Å². The highest BCUT2D eigenvalue weighted by atomic mass is 16.6. The predicted molar refractivity (Wildman–Crippen MR) is 60.0 cm³/mol. The second-order valence-electron chi connectivity index (χ2n) is 3.88. The summed E-state index contributed by atoms with van der Waals surface area (Å²) in [6.07, 6.45) is 1.30. The first-order valence-corrected chi connectivity index (χ1v) is 4.98. The zero-order valence-electron chi connectivity index (χ0n) is 9.82. The molecule has 0 atom stereocenters. The number of hydrogen-bond donors (Lipinski definition) is 1. The number of carbonyl (C=O) groups is 1.